The van der Waals surface area contributed by atoms with E-state index in [4.69, 9.17) is 0 Å². The number of benzene rings is 1. The van der Waals surface area contributed by atoms with Crippen molar-refractivity contribution in [3.05, 3.63) is 35.4 Å². The van der Waals surface area contributed by atoms with Gasteiger partial charge in [0.2, 0.25) is 0 Å². The van der Waals surface area contributed by atoms with E-state index in [-0.39, 0.29) is 18.5 Å². The molecule has 96 valence electrons. The number of nitrogens with zero attached hydrogens (tertiary/aromatic N) is 3. The average molecular weight is 249 g/mol. The molecule has 2 rings (SSSR count). The van der Waals surface area contributed by atoms with Gasteiger partial charge in [-0.3, -0.25) is 0 Å². The van der Waals surface area contributed by atoms with E-state index in [9.17, 15) is 9.50 Å². The van der Waals surface area contributed by atoms with Gasteiger partial charge >= 0.3 is 0 Å². The molecule has 0 saturated carbocycles. The maximum atomic E-state index is 13.3. The topological polar surface area (TPSA) is 50.9 Å². The van der Waals surface area contributed by atoms with E-state index in [1.165, 1.54) is 12.1 Å². The lowest BCUT2D eigenvalue weighted by Gasteiger charge is -2.14. The maximum Gasteiger partial charge on any atom is 0.164 e. The van der Waals surface area contributed by atoms with Gasteiger partial charge in [-0.2, -0.15) is 0 Å². The molecule has 1 N–H and O–H groups in total. The number of halogens is 1. The Morgan fingerprint density at radius 3 is 2.67 bits per heavy atom. The number of aromatic nitrogens is 3. The first-order chi connectivity index (χ1) is 8.54. The summed E-state index contributed by atoms with van der Waals surface area (Å²) >= 11 is 0. The van der Waals surface area contributed by atoms with Crippen molar-refractivity contribution in [1.82, 2.24) is 14.8 Å². The van der Waals surface area contributed by atoms with Gasteiger partial charge in [-0.05, 0) is 38.5 Å². The molecular formula is C13H16FN3O. The number of rotatable bonds is 3. The number of aliphatic hydroxyl groups is 1. The van der Waals surface area contributed by atoms with Gasteiger partial charge < -0.3 is 9.67 Å². The van der Waals surface area contributed by atoms with Crippen molar-refractivity contribution in [2.75, 3.05) is 0 Å². The van der Waals surface area contributed by atoms with Gasteiger partial charge in [0, 0.05) is 11.6 Å². The highest BCUT2D eigenvalue weighted by Gasteiger charge is 2.17. The van der Waals surface area contributed by atoms with Crippen LogP contribution in [0, 0.1) is 12.7 Å². The minimum atomic E-state index is -0.306. The number of hydrogen-bond donors (Lipinski definition) is 1. The molecule has 0 radical (unpaired) electrons. The third kappa shape index (κ3) is 2.13. The molecule has 0 spiro atoms. The zero-order valence-electron chi connectivity index (χ0n) is 10.7. The predicted octanol–water partition coefficient (Wildman–Crippen LogP) is 2.47. The van der Waals surface area contributed by atoms with Crippen molar-refractivity contribution in [3.63, 3.8) is 0 Å². The predicted molar refractivity (Wildman–Crippen MR) is 66.5 cm³/mol. The largest absolute Gasteiger partial charge is 0.388 e. The fraction of sp³-hybridized carbons (Fsp3) is 0.385. The molecule has 0 amide bonds. The molecule has 18 heavy (non-hydrogen) atoms. The van der Waals surface area contributed by atoms with Crippen molar-refractivity contribution in [3.8, 4) is 11.4 Å². The minimum Gasteiger partial charge on any atom is -0.388 e. The molecule has 0 unspecified atom stereocenters. The highest BCUT2D eigenvalue weighted by molar-refractivity contribution is 5.60. The van der Waals surface area contributed by atoms with Crippen molar-refractivity contribution >= 4 is 0 Å². The standard InChI is InChI=1S/C13H16FN3O/c1-8(2)17-12(7-18)15-16-13(17)11-6-10(14)5-4-9(11)3/h4-6,8,18H,7H2,1-3H3. The first kappa shape index (κ1) is 12.7. The Balaban J connectivity index is 2.63. The van der Waals surface area contributed by atoms with Gasteiger partial charge in [-0.15, -0.1) is 10.2 Å². The third-order valence-corrected chi connectivity index (χ3v) is 2.86. The second-order valence-electron chi connectivity index (χ2n) is 4.52. The molecule has 0 fully saturated rings. The van der Waals surface area contributed by atoms with Crippen LogP contribution < -0.4 is 0 Å². The van der Waals surface area contributed by atoms with Crippen LogP contribution in [0.25, 0.3) is 11.4 Å². The molecule has 1 aromatic carbocycles. The van der Waals surface area contributed by atoms with E-state index in [1.54, 1.807) is 6.07 Å². The Morgan fingerprint density at radius 2 is 2.06 bits per heavy atom. The second kappa shape index (κ2) is 4.86. The highest BCUT2D eigenvalue weighted by atomic mass is 19.1. The molecule has 0 bridgehead atoms. The van der Waals surface area contributed by atoms with E-state index >= 15 is 0 Å². The van der Waals surface area contributed by atoms with Gasteiger partial charge in [0.25, 0.3) is 0 Å². The van der Waals surface area contributed by atoms with Crippen molar-refractivity contribution < 1.29 is 9.50 Å². The molecule has 2 aromatic rings. The van der Waals surface area contributed by atoms with Crippen LogP contribution in [0.4, 0.5) is 4.39 Å². The van der Waals surface area contributed by atoms with Crippen LogP contribution in [0.2, 0.25) is 0 Å². The van der Waals surface area contributed by atoms with Gasteiger partial charge in [0.1, 0.15) is 12.4 Å². The monoisotopic (exact) mass is 249 g/mol. The van der Waals surface area contributed by atoms with Crippen LogP contribution in [-0.4, -0.2) is 19.9 Å². The molecule has 0 saturated heterocycles. The fourth-order valence-corrected chi connectivity index (χ4v) is 1.99. The fourth-order valence-electron chi connectivity index (χ4n) is 1.99. The molecule has 4 nitrogen and oxygen atoms in total. The first-order valence-corrected chi connectivity index (χ1v) is 5.85. The Kier molecular flexibility index (Phi) is 3.43. The van der Waals surface area contributed by atoms with E-state index in [1.807, 2.05) is 25.3 Å². The van der Waals surface area contributed by atoms with E-state index in [2.05, 4.69) is 10.2 Å². The summed E-state index contributed by atoms with van der Waals surface area (Å²) in [5, 5.41) is 17.3. The normalized spacial score (nSPS) is 11.2. The van der Waals surface area contributed by atoms with Gasteiger partial charge in [0.05, 0.1) is 0 Å². The summed E-state index contributed by atoms with van der Waals surface area (Å²) in [6.45, 7) is 5.66. The van der Waals surface area contributed by atoms with Crippen LogP contribution in [0.3, 0.4) is 0 Å². The van der Waals surface area contributed by atoms with Crippen LogP contribution in [-0.2, 0) is 6.61 Å². The lowest BCUT2D eigenvalue weighted by molar-refractivity contribution is 0.262. The van der Waals surface area contributed by atoms with Crippen molar-refractivity contribution in [2.24, 2.45) is 0 Å². The van der Waals surface area contributed by atoms with Crippen molar-refractivity contribution in [2.45, 2.75) is 33.4 Å². The molecule has 0 aliphatic carbocycles. The second-order valence-corrected chi connectivity index (χ2v) is 4.52. The molecule has 1 heterocycles. The summed E-state index contributed by atoms with van der Waals surface area (Å²) < 4.78 is 15.2. The zero-order valence-corrected chi connectivity index (χ0v) is 10.7. The summed E-state index contributed by atoms with van der Waals surface area (Å²) in [6.07, 6.45) is 0. The Labute approximate surface area is 105 Å². The van der Waals surface area contributed by atoms with Gasteiger partial charge in [0.15, 0.2) is 11.6 Å². The Morgan fingerprint density at radius 1 is 1.33 bits per heavy atom. The Bertz CT molecular complexity index is 563. The van der Waals surface area contributed by atoms with E-state index in [0.717, 1.165) is 5.56 Å². The summed E-state index contributed by atoms with van der Waals surface area (Å²) in [5.41, 5.74) is 1.63. The summed E-state index contributed by atoms with van der Waals surface area (Å²) in [7, 11) is 0. The quantitative estimate of drug-likeness (QED) is 0.909. The lowest BCUT2D eigenvalue weighted by atomic mass is 10.1. The van der Waals surface area contributed by atoms with Crippen LogP contribution in [0.15, 0.2) is 18.2 Å². The molecule has 0 aliphatic heterocycles. The van der Waals surface area contributed by atoms with Gasteiger partial charge in [-0.25, -0.2) is 4.39 Å². The van der Waals surface area contributed by atoms with Crippen LogP contribution in [0.1, 0.15) is 31.3 Å². The average Bonchev–Trinajstić information content (AvgIpc) is 2.75. The minimum absolute atomic E-state index is 0.0971. The van der Waals surface area contributed by atoms with Crippen molar-refractivity contribution in [1.29, 1.82) is 0 Å². The lowest BCUT2D eigenvalue weighted by Crippen LogP contribution is -2.08. The van der Waals surface area contributed by atoms with E-state index in [0.29, 0.717) is 17.2 Å². The molecule has 5 heteroatoms. The molecule has 0 aliphatic rings. The highest BCUT2D eigenvalue weighted by Crippen LogP contribution is 2.26. The summed E-state index contributed by atoms with van der Waals surface area (Å²) in [6, 6.07) is 4.67. The summed E-state index contributed by atoms with van der Waals surface area (Å²) in [4.78, 5) is 0. The number of hydrogen-bond acceptors (Lipinski definition) is 3. The zero-order chi connectivity index (χ0) is 13.3. The molecule has 1 aromatic heterocycles. The maximum absolute atomic E-state index is 13.3. The Hall–Kier alpha value is -1.75. The first-order valence-electron chi connectivity index (χ1n) is 5.85. The SMILES string of the molecule is Cc1ccc(F)cc1-c1nnc(CO)n1C(C)C. The summed E-state index contributed by atoms with van der Waals surface area (Å²) in [5.74, 6) is 0.772. The third-order valence-electron chi connectivity index (χ3n) is 2.86. The number of aryl methyl sites for hydroxylation is 1. The van der Waals surface area contributed by atoms with E-state index < -0.39 is 0 Å². The van der Waals surface area contributed by atoms with Crippen LogP contribution in [0.5, 0.6) is 0 Å². The van der Waals surface area contributed by atoms with Gasteiger partial charge in [-0.1, -0.05) is 6.07 Å². The number of aliphatic hydroxyl groups excluding tert-OH is 1. The smallest absolute Gasteiger partial charge is 0.164 e. The van der Waals surface area contributed by atoms with Crippen LogP contribution >= 0.6 is 0 Å². The molecular weight excluding hydrogens is 233 g/mol. The molecule has 0 atom stereocenters.